The number of hydrogen-bond acceptors (Lipinski definition) is 6. The predicted molar refractivity (Wildman–Crippen MR) is 83.4 cm³/mol. The van der Waals surface area contributed by atoms with E-state index in [1.165, 1.54) is 0 Å². The molecule has 0 unspecified atom stereocenters. The van der Waals surface area contributed by atoms with Crippen LogP contribution >= 0.6 is 0 Å². The molecule has 25 heavy (non-hydrogen) atoms. The lowest BCUT2D eigenvalue weighted by atomic mass is 10.0. The van der Waals surface area contributed by atoms with Crippen molar-refractivity contribution in [1.29, 1.82) is 0 Å². The molecule has 0 aromatic heterocycles. The molecule has 0 bridgehead atoms. The zero-order chi connectivity index (χ0) is 19.7. The summed E-state index contributed by atoms with van der Waals surface area (Å²) in [6, 6.07) is -4.05. The fraction of sp³-hybridized carbons (Fsp3) is 0.643. The Labute approximate surface area is 143 Å². The molecule has 11 heteroatoms. The Morgan fingerprint density at radius 1 is 0.880 bits per heavy atom. The average Bonchev–Trinajstić information content (AvgIpc) is 2.48. The fourth-order valence-corrected chi connectivity index (χ4v) is 1.75. The second-order valence-corrected chi connectivity index (χ2v) is 5.76. The lowest BCUT2D eigenvalue weighted by Crippen LogP contribution is -2.55. The van der Waals surface area contributed by atoms with Crippen LogP contribution in [0.1, 0.15) is 33.1 Å². The van der Waals surface area contributed by atoms with Crippen LogP contribution in [-0.2, 0) is 24.0 Å². The van der Waals surface area contributed by atoms with Crippen LogP contribution in [0.4, 0.5) is 0 Å². The highest BCUT2D eigenvalue weighted by atomic mass is 16.4. The summed E-state index contributed by atoms with van der Waals surface area (Å²) < 4.78 is 0. The monoisotopic (exact) mass is 361 g/mol. The van der Waals surface area contributed by atoms with Gasteiger partial charge in [-0.15, -0.1) is 0 Å². The Morgan fingerprint density at radius 2 is 1.40 bits per heavy atom. The normalized spacial score (nSPS) is 14.2. The number of hydrogen-bond donors (Lipinski definition) is 6. The van der Waals surface area contributed by atoms with Crippen LogP contribution in [0.15, 0.2) is 0 Å². The number of carboxylic acids is 3. The molecule has 2 amide bonds. The minimum absolute atomic E-state index is 0.268. The maximum absolute atomic E-state index is 12.1. The molecular formula is C14H23N3O8. The molecule has 0 heterocycles. The van der Waals surface area contributed by atoms with Gasteiger partial charge in [0.05, 0.1) is 12.5 Å². The predicted octanol–water partition coefficient (Wildman–Crippen LogP) is -1.64. The average molecular weight is 361 g/mol. The van der Waals surface area contributed by atoms with Gasteiger partial charge in [-0.2, -0.15) is 0 Å². The number of aliphatic carboxylic acids is 3. The van der Waals surface area contributed by atoms with Crippen LogP contribution in [0.2, 0.25) is 0 Å². The number of carbonyl (C=O) groups is 5. The second kappa shape index (κ2) is 10.2. The van der Waals surface area contributed by atoms with Crippen molar-refractivity contribution >= 4 is 29.7 Å². The first kappa shape index (κ1) is 22.3. The molecule has 11 nitrogen and oxygen atoms in total. The standard InChI is InChI=1S/C14H23N3O8/c1-6(2)11(15)13(23)17-8(5-10(20)21)12(22)16-7(14(24)25)3-4-9(18)19/h6-8,11H,3-5,15H2,1-2H3,(H,16,22)(H,17,23)(H,18,19)(H,20,21)(H,24,25)/t7-,8-,11-/m0/s1. The third kappa shape index (κ3) is 8.65. The minimum Gasteiger partial charge on any atom is -0.481 e. The maximum atomic E-state index is 12.1. The number of rotatable bonds is 11. The quantitative estimate of drug-likeness (QED) is 0.250. The number of nitrogens with one attached hydrogen (secondary N) is 2. The number of nitrogens with two attached hydrogens (primary N) is 1. The lowest BCUT2D eigenvalue weighted by molar-refractivity contribution is -0.144. The topological polar surface area (TPSA) is 196 Å². The van der Waals surface area contributed by atoms with Gasteiger partial charge in [0.25, 0.3) is 0 Å². The van der Waals surface area contributed by atoms with Crippen molar-refractivity contribution in [2.75, 3.05) is 0 Å². The molecule has 0 rings (SSSR count). The van der Waals surface area contributed by atoms with E-state index in [0.29, 0.717) is 0 Å². The van der Waals surface area contributed by atoms with Crippen molar-refractivity contribution in [3.63, 3.8) is 0 Å². The highest BCUT2D eigenvalue weighted by Gasteiger charge is 2.30. The van der Waals surface area contributed by atoms with Gasteiger partial charge in [0.2, 0.25) is 11.8 Å². The van der Waals surface area contributed by atoms with Crippen molar-refractivity contribution in [2.45, 2.75) is 51.2 Å². The molecule has 0 aliphatic rings. The molecule has 0 saturated heterocycles. The Balaban J connectivity index is 5.08. The van der Waals surface area contributed by atoms with Crippen LogP contribution in [-0.4, -0.2) is 63.2 Å². The number of amides is 2. The molecule has 0 spiro atoms. The van der Waals surface area contributed by atoms with Gasteiger partial charge >= 0.3 is 17.9 Å². The smallest absolute Gasteiger partial charge is 0.326 e. The van der Waals surface area contributed by atoms with Crippen molar-refractivity contribution < 1.29 is 39.3 Å². The van der Waals surface area contributed by atoms with E-state index in [9.17, 15) is 24.0 Å². The molecule has 0 aromatic carbocycles. The second-order valence-electron chi connectivity index (χ2n) is 5.76. The van der Waals surface area contributed by atoms with Crippen molar-refractivity contribution in [1.82, 2.24) is 10.6 Å². The maximum Gasteiger partial charge on any atom is 0.326 e. The Morgan fingerprint density at radius 3 is 1.80 bits per heavy atom. The van der Waals surface area contributed by atoms with Crippen LogP contribution < -0.4 is 16.4 Å². The minimum atomic E-state index is -1.54. The van der Waals surface area contributed by atoms with E-state index in [4.69, 9.17) is 21.1 Å². The van der Waals surface area contributed by atoms with Gasteiger partial charge in [-0.3, -0.25) is 19.2 Å². The van der Waals surface area contributed by atoms with Crippen molar-refractivity contribution in [3.05, 3.63) is 0 Å². The summed E-state index contributed by atoms with van der Waals surface area (Å²) in [7, 11) is 0. The van der Waals surface area contributed by atoms with Crippen LogP contribution in [0.3, 0.4) is 0 Å². The van der Waals surface area contributed by atoms with Gasteiger partial charge in [-0.25, -0.2) is 4.79 Å². The van der Waals surface area contributed by atoms with Gasteiger partial charge in [-0.1, -0.05) is 13.8 Å². The SMILES string of the molecule is CC(C)[C@H](N)C(=O)N[C@@H](CC(=O)O)C(=O)N[C@@H](CCC(=O)O)C(=O)O. The van der Waals surface area contributed by atoms with Crippen molar-refractivity contribution in [2.24, 2.45) is 11.7 Å². The van der Waals surface area contributed by atoms with E-state index in [1.807, 2.05) is 5.32 Å². The van der Waals surface area contributed by atoms with Gasteiger partial charge in [0.15, 0.2) is 0 Å². The summed E-state index contributed by atoms with van der Waals surface area (Å²) >= 11 is 0. The molecule has 0 aromatic rings. The summed E-state index contributed by atoms with van der Waals surface area (Å²) in [6.45, 7) is 3.31. The third-order valence-corrected chi connectivity index (χ3v) is 3.29. The van der Waals surface area contributed by atoms with Crippen LogP contribution in [0.5, 0.6) is 0 Å². The third-order valence-electron chi connectivity index (χ3n) is 3.29. The summed E-state index contributed by atoms with van der Waals surface area (Å²) in [5.74, 6) is -6.20. The molecule has 0 fully saturated rings. The Hall–Kier alpha value is -2.69. The first-order valence-corrected chi connectivity index (χ1v) is 7.48. The largest absolute Gasteiger partial charge is 0.481 e. The van der Waals surface area contributed by atoms with E-state index in [1.54, 1.807) is 13.8 Å². The number of carboxylic acid groups (broad SMARTS) is 3. The van der Waals surface area contributed by atoms with E-state index in [-0.39, 0.29) is 5.92 Å². The van der Waals surface area contributed by atoms with Crippen LogP contribution in [0, 0.1) is 5.92 Å². The van der Waals surface area contributed by atoms with Gasteiger partial charge < -0.3 is 31.7 Å². The molecule has 0 aliphatic heterocycles. The molecule has 142 valence electrons. The Bertz CT molecular complexity index is 534. The molecule has 7 N–H and O–H groups in total. The lowest BCUT2D eigenvalue weighted by Gasteiger charge is -2.22. The van der Waals surface area contributed by atoms with Gasteiger partial charge in [0.1, 0.15) is 12.1 Å². The zero-order valence-electron chi connectivity index (χ0n) is 13.9. The van der Waals surface area contributed by atoms with Gasteiger partial charge in [0, 0.05) is 6.42 Å². The summed E-state index contributed by atoms with van der Waals surface area (Å²) in [4.78, 5) is 56.5. The highest BCUT2D eigenvalue weighted by Crippen LogP contribution is 2.03. The van der Waals surface area contributed by atoms with Gasteiger partial charge in [-0.05, 0) is 12.3 Å². The molecule has 3 atom stereocenters. The molecule has 0 radical (unpaired) electrons. The fourth-order valence-electron chi connectivity index (χ4n) is 1.75. The van der Waals surface area contributed by atoms with Crippen molar-refractivity contribution in [3.8, 4) is 0 Å². The van der Waals surface area contributed by atoms with E-state index < -0.39 is 67.1 Å². The first-order valence-electron chi connectivity index (χ1n) is 7.48. The molecule has 0 aliphatic carbocycles. The highest BCUT2D eigenvalue weighted by molar-refractivity contribution is 5.94. The molecule has 0 saturated carbocycles. The number of carbonyl (C=O) groups excluding carboxylic acids is 2. The summed E-state index contributed by atoms with van der Waals surface area (Å²) in [5, 5.41) is 30.7. The summed E-state index contributed by atoms with van der Waals surface area (Å²) in [5.41, 5.74) is 5.62. The first-order chi connectivity index (χ1) is 11.5. The summed E-state index contributed by atoms with van der Waals surface area (Å²) in [6.07, 6.45) is -1.69. The van der Waals surface area contributed by atoms with Crippen LogP contribution in [0.25, 0.3) is 0 Å². The zero-order valence-corrected chi connectivity index (χ0v) is 13.9. The van der Waals surface area contributed by atoms with E-state index >= 15 is 0 Å². The van der Waals surface area contributed by atoms with E-state index in [0.717, 1.165) is 0 Å². The molecular weight excluding hydrogens is 338 g/mol. The Kier molecular flexibility index (Phi) is 9.13. The van der Waals surface area contributed by atoms with E-state index in [2.05, 4.69) is 5.32 Å².